The highest BCUT2D eigenvalue weighted by Crippen LogP contribution is 2.29. The molecule has 10 heteroatoms. The fraction of sp³-hybridized carbons (Fsp3) is 0.167. The molecular formula is C6H7BrN8S. The number of aryl methyl sites for hydroxylation is 1. The largest absolute Gasteiger partial charge is 0.292 e. The molecule has 16 heavy (non-hydrogen) atoms. The maximum Gasteiger partial charge on any atom is 0.238 e. The van der Waals surface area contributed by atoms with Crippen molar-refractivity contribution in [2.45, 2.75) is 10.2 Å². The van der Waals surface area contributed by atoms with Crippen LogP contribution in [0.3, 0.4) is 0 Å². The molecule has 0 saturated heterocycles. The first-order chi connectivity index (χ1) is 7.70. The summed E-state index contributed by atoms with van der Waals surface area (Å²) in [5.74, 6) is 5.56. The van der Waals surface area contributed by atoms with Crippen molar-refractivity contribution in [1.29, 1.82) is 0 Å². The van der Waals surface area contributed by atoms with Crippen LogP contribution in [0, 0.1) is 0 Å². The number of anilines is 1. The van der Waals surface area contributed by atoms with E-state index in [0.29, 0.717) is 16.1 Å². The molecule has 0 radical (unpaired) electrons. The molecule has 0 saturated carbocycles. The van der Waals surface area contributed by atoms with Crippen LogP contribution < -0.4 is 11.3 Å². The predicted molar refractivity (Wildman–Crippen MR) is 60.5 cm³/mol. The zero-order valence-electron chi connectivity index (χ0n) is 8.12. The Morgan fingerprint density at radius 1 is 1.56 bits per heavy atom. The van der Waals surface area contributed by atoms with Gasteiger partial charge in [0.05, 0.1) is 4.47 Å². The number of rotatable bonds is 3. The summed E-state index contributed by atoms with van der Waals surface area (Å²) in [6, 6.07) is 0. The SMILES string of the molecule is Cn1nnnc1Sc1nc(NN)ncc1Br. The van der Waals surface area contributed by atoms with Gasteiger partial charge in [0.15, 0.2) is 0 Å². The molecule has 0 amide bonds. The molecule has 0 fully saturated rings. The lowest BCUT2D eigenvalue weighted by Gasteiger charge is -2.03. The molecule has 2 rings (SSSR count). The third-order valence-electron chi connectivity index (χ3n) is 1.61. The van der Waals surface area contributed by atoms with Gasteiger partial charge in [0.1, 0.15) is 5.03 Å². The van der Waals surface area contributed by atoms with Crippen LogP contribution in [0.5, 0.6) is 0 Å². The Hall–Kier alpha value is -1.26. The smallest absolute Gasteiger partial charge is 0.238 e. The average Bonchev–Trinajstić information content (AvgIpc) is 2.68. The molecule has 8 nitrogen and oxygen atoms in total. The van der Waals surface area contributed by atoms with E-state index in [-0.39, 0.29) is 0 Å². The van der Waals surface area contributed by atoms with E-state index >= 15 is 0 Å². The highest BCUT2D eigenvalue weighted by molar-refractivity contribution is 9.10. The fourth-order valence-corrected chi connectivity index (χ4v) is 2.02. The lowest BCUT2D eigenvalue weighted by Crippen LogP contribution is -2.10. The van der Waals surface area contributed by atoms with Crippen molar-refractivity contribution in [2.75, 3.05) is 5.43 Å². The monoisotopic (exact) mass is 302 g/mol. The molecule has 3 N–H and O–H groups in total. The summed E-state index contributed by atoms with van der Waals surface area (Å²) in [7, 11) is 1.75. The van der Waals surface area contributed by atoms with Crippen LogP contribution in [0.25, 0.3) is 0 Å². The number of nitrogens with one attached hydrogen (secondary N) is 1. The standard InChI is InChI=1S/C6H7BrN8S/c1-15-6(12-13-14-15)16-4-3(7)2-9-5(10-4)11-8/h2H,8H2,1H3,(H,9,10,11). The van der Waals surface area contributed by atoms with Gasteiger partial charge in [-0.15, -0.1) is 5.10 Å². The highest BCUT2D eigenvalue weighted by atomic mass is 79.9. The average molecular weight is 303 g/mol. The second kappa shape index (κ2) is 4.72. The van der Waals surface area contributed by atoms with Gasteiger partial charge in [-0.1, -0.05) is 0 Å². The van der Waals surface area contributed by atoms with Crippen LogP contribution >= 0.6 is 27.7 Å². The minimum Gasteiger partial charge on any atom is -0.292 e. The normalized spacial score (nSPS) is 10.4. The van der Waals surface area contributed by atoms with Gasteiger partial charge in [-0.25, -0.2) is 20.5 Å². The third-order valence-corrected chi connectivity index (χ3v) is 3.49. The van der Waals surface area contributed by atoms with Crippen molar-refractivity contribution in [3.63, 3.8) is 0 Å². The molecule has 0 bridgehead atoms. The van der Waals surface area contributed by atoms with Crippen molar-refractivity contribution in [3.05, 3.63) is 10.7 Å². The first kappa shape index (κ1) is 11.2. The Labute approximate surface area is 103 Å². The number of hydrogen-bond donors (Lipinski definition) is 2. The number of tetrazole rings is 1. The summed E-state index contributed by atoms with van der Waals surface area (Å²) in [5, 5.41) is 12.4. The zero-order chi connectivity index (χ0) is 11.5. The molecule has 0 aromatic carbocycles. The summed E-state index contributed by atoms with van der Waals surface area (Å²) in [6.45, 7) is 0. The minimum absolute atomic E-state index is 0.334. The molecule has 0 aliphatic rings. The first-order valence-corrected chi connectivity index (χ1v) is 5.71. The Morgan fingerprint density at radius 2 is 2.38 bits per heavy atom. The Balaban J connectivity index is 2.30. The molecule has 2 aromatic rings. The summed E-state index contributed by atoms with van der Waals surface area (Å²) < 4.78 is 2.30. The summed E-state index contributed by atoms with van der Waals surface area (Å²) in [5.41, 5.74) is 2.37. The molecule has 0 spiro atoms. The maximum absolute atomic E-state index is 5.23. The maximum atomic E-state index is 5.23. The van der Waals surface area contributed by atoms with Crippen molar-refractivity contribution in [2.24, 2.45) is 12.9 Å². The van der Waals surface area contributed by atoms with E-state index in [9.17, 15) is 0 Å². The topological polar surface area (TPSA) is 107 Å². The van der Waals surface area contributed by atoms with Gasteiger partial charge < -0.3 is 0 Å². The van der Waals surface area contributed by atoms with E-state index in [1.54, 1.807) is 17.9 Å². The van der Waals surface area contributed by atoms with E-state index in [4.69, 9.17) is 5.84 Å². The van der Waals surface area contributed by atoms with Gasteiger partial charge >= 0.3 is 0 Å². The molecular weight excluding hydrogens is 296 g/mol. The van der Waals surface area contributed by atoms with Crippen molar-refractivity contribution >= 4 is 33.6 Å². The van der Waals surface area contributed by atoms with E-state index in [1.807, 2.05) is 0 Å². The van der Waals surface area contributed by atoms with Gasteiger partial charge in [-0.2, -0.15) is 0 Å². The number of nitrogens with two attached hydrogens (primary N) is 1. The predicted octanol–water partition coefficient (Wildman–Crippen LogP) is 0.199. The Kier molecular flexibility index (Phi) is 3.31. The molecule has 2 heterocycles. The van der Waals surface area contributed by atoms with Crippen molar-refractivity contribution < 1.29 is 0 Å². The third kappa shape index (κ3) is 2.28. The van der Waals surface area contributed by atoms with E-state index in [0.717, 1.165) is 4.47 Å². The molecule has 0 unspecified atom stereocenters. The lowest BCUT2D eigenvalue weighted by atomic mass is 10.7. The quantitative estimate of drug-likeness (QED) is 0.470. The van der Waals surface area contributed by atoms with E-state index in [2.05, 4.69) is 46.8 Å². The number of hydrogen-bond acceptors (Lipinski definition) is 8. The van der Waals surface area contributed by atoms with Crippen LogP contribution in [0.15, 0.2) is 20.9 Å². The Morgan fingerprint density at radius 3 is 3.00 bits per heavy atom. The van der Waals surface area contributed by atoms with Crippen LogP contribution in [-0.4, -0.2) is 30.2 Å². The fourth-order valence-electron chi connectivity index (χ4n) is 0.887. The van der Waals surface area contributed by atoms with Gasteiger partial charge in [0.2, 0.25) is 11.1 Å². The second-order valence-electron chi connectivity index (χ2n) is 2.68. The van der Waals surface area contributed by atoms with Crippen molar-refractivity contribution in [3.8, 4) is 0 Å². The highest BCUT2D eigenvalue weighted by Gasteiger charge is 2.10. The number of nitrogens with zero attached hydrogens (tertiary/aromatic N) is 6. The van der Waals surface area contributed by atoms with Crippen LogP contribution in [0.4, 0.5) is 5.95 Å². The van der Waals surface area contributed by atoms with Gasteiger partial charge in [0.25, 0.3) is 0 Å². The van der Waals surface area contributed by atoms with Crippen molar-refractivity contribution in [1.82, 2.24) is 30.2 Å². The number of halogens is 1. The molecule has 2 aromatic heterocycles. The number of hydrazine groups is 1. The number of nitrogen functional groups attached to an aromatic ring is 1. The minimum atomic E-state index is 0.334. The van der Waals surface area contributed by atoms with Gasteiger partial charge in [0, 0.05) is 13.2 Å². The zero-order valence-corrected chi connectivity index (χ0v) is 10.5. The van der Waals surface area contributed by atoms with Gasteiger partial charge in [-0.3, -0.25) is 5.43 Å². The molecule has 0 atom stereocenters. The summed E-state index contributed by atoms with van der Waals surface area (Å²) in [6.07, 6.45) is 1.61. The van der Waals surface area contributed by atoms with Crippen LogP contribution in [-0.2, 0) is 7.05 Å². The summed E-state index contributed by atoms with van der Waals surface area (Å²) >= 11 is 4.65. The molecule has 84 valence electrons. The second-order valence-corrected chi connectivity index (χ2v) is 4.49. The first-order valence-electron chi connectivity index (χ1n) is 4.10. The molecule has 0 aliphatic heterocycles. The van der Waals surface area contributed by atoms with Gasteiger partial charge in [-0.05, 0) is 38.1 Å². The molecule has 0 aliphatic carbocycles. The Bertz CT molecular complexity index is 499. The lowest BCUT2D eigenvalue weighted by molar-refractivity contribution is 0.664. The van der Waals surface area contributed by atoms with Crippen LogP contribution in [0.2, 0.25) is 0 Å². The van der Waals surface area contributed by atoms with E-state index < -0.39 is 0 Å². The van der Waals surface area contributed by atoms with E-state index in [1.165, 1.54) is 11.8 Å². The number of aromatic nitrogens is 6. The summed E-state index contributed by atoms with van der Waals surface area (Å²) in [4.78, 5) is 8.11. The van der Waals surface area contributed by atoms with Crippen LogP contribution in [0.1, 0.15) is 0 Å².